The second-order valence-electron chi connectivity index (χ2n) is 8.02. The standard InChI is InChI=1S/C20H32N2O3.C2HF3O2/c1-23-18-9-8-17(19(24-2)20(18)25-3)15-22-12-10-21(11-13-22)14-16-6-4-5-7-16;3-2(4,5)1(6)7/h8-9,16H,4-7,10-15H2,1-3H3;(H,6,7). The maximum absolute atomic E-state index is 10.6. The van der Waals surface area contributed by atoms with Crippen molar-refractivity contribution in [1.29, 1.82) is 0 Å². The lowest BCUT2D eigenvalue weighted by Crippen LogP contribution is -2.47. The van der Waals surface area contributed by atoms with Crippen molar-refractivity contribution in [3.63, 3.8) is 0 Å². The number of hydrogen-bond donors (Lipinski definition) is 1. The minimum absolute atomic E-state index is 0.683. The predicted molar refractivity (Wildman–Crippen MR) is 113 cm³/mol. The first-order valence-corrected chi connectivity index (χ1v) is 10.7. The van der Waals surface area contributed by atoms with Crippen molar-refractivity contribution in [3.8, 4) is 17.2 Å². The summed E-state index contributed by atoms with van der Waals surface area (Å²) >= 11 is 0. The zero-order chi connectivity index (χ0) is 23.7. The second kappa shape index (κ2) is 12.2. The molecule has 0 aromatic heterocycles. The molecule has 0 spiro atoms. The number of nitrogens with zero attached hydrogens (tertiary/aromatic N) is 2. The molecule has 0 bridgehead atoms. The van der Waals surface area contributed by atoms with Crippen LogP contribution in [-0.2, 0) is 11.3 Å². The Morgan fingerprint density at radius 2 is 1.50 bits per heavy atom. The normalized spacial score (nSPS) is 18.1. The summed E-state index contributed by atoms with van der Waals surface area (Å²) < 4.78 is 48.2. The fraction of sp³-hybridized carbons (Fsp3) is 0.682. The summed E-state index contributed by atoms with van der Waals surface area (Å²) in [6, 6.07) is 4.05. The summed E-state index contributed by atoms with van der Waals surface area (Å²) in [6.45, 7) is 6.76. The molecule has 0 unspecified atom stereocenters. The second-order valence-corrected chi connectivity index (χ2v) is 8.02. The molecule has 1 aromatic rings. The average Bonchev–Trinajstić information content (AvgIpc) is 3.27. The van der Waals surface area contributed by atoms with Gasteiger partial charge >= 0.3 is 12.1 Å². The molecule has 2 fully saturated rings. The van der Waals surface area contributed by atoms with E-state index in [0.717, 1.165) is 36.9 Å². The third-order valence-corrected chi connectivity index (χ3v) is 5.88. The van der Waals surface area contributed by atoms with E-state index in [-0.39, 0.29) is 0 Å². The number of carbonyl (C=O) groups is 1. The van der Waals surface area contributed by atoms with E-state index in [2.05, 4.69) is 15.9 Å². The number of piperazine rings is 1. The van der Waals surface area contributed by atoms with Gasteiger partial charge in [0.2, 0.25) is 5.75 Å². The van der Waals surface area contributed by atoms with Gasteiger partial charge in [-0.3, -0.25) is 4.90 Å². The zero-order valence-electron chi connectivity index (χ0n) is 18.9. The number of halogens is 3. The first-order valence-electron chi connectivity index (χ1n) is 10.7. The molecular weight excluding hydrogens is 429 g/mol. The molecule has 1 saturated carbocycles. The molecule has 0 radical (unpaired) electrons. The van der Waals surface area contributed by atoms with E-state index < -0.39 is 12.1 Å². The van der Waals surface area contributed by atoms with Crippen LogP contribution in [0.2, 0.25) is 0 Å². The van der Waals surface area contributed by atoms with Gasteiger partial charge in [-0.1, -0.05) is 18.9 Å². The van der Waals surface area contributed by atoms with Gasteiger partial charge in [0.05, 0.1) is 21.3 Å². The van der Waals surface area contributed by atoms with E-state index >= 15 is 0 Å². The molecule has 1 N–H and O–H groups in total. The molecule has 182 valence electrons. The first-order chi connectivity index (χ1) is 15.2. The molecule has 1 aliphatic heterocycles. The van der Waals surface area contributed by atoms with Crippen LogP contribution in [0.5, 0.6) is 17.2 Å². The minimum Gasteiger partial charge on any atom is -0.493 e. The molecule has 1 aliphatic carbocycles. The predicted octanol–water partition coefficient (Wildman–Crippen LogP) is 3.65. The van der Waals surface area contributed by atoms with Crippen LogP contribution in [0.4, 0.5) is 13.2 Å². The van der Waals surface area contributed by atoms with E-state index in [1.54, 1.807) is 21.3 Å². The van der Waals surface area contributed by atoms with Gasteiger partial charge in [0.1, 0.15) is 0 Å². The number of benzene rings is 1. The van der Waals surface area contributed by atoms with Crippen LogP contribution in [0.15, 0.2) is 12.1 Å². The van der Waals surface area contributed by atoms with Gasteiger partial charge in [0, 0.05) is 44.8 Å². The lowest BCUT2D eigenvalue weighted by Gasteiger charge is -2.36. The van der Waals surface area contributed by atoms with Crippen LogP contribution in [0, 0.1) is 5.92 Å². The summed E-state index contributed by atoms with van der Waals surface area (Å²) in [7, 11) is 5.01. The number of rotatable bonds is 7. The highest BCUT2D eigenvalue weighted by atomic mass is 19.4. The van der Waals surface area contributed by atoms with Crippen molar-refractivity contribution in [1.82, 2.24) is 9.80 Å². The van der Waals surface area contributed by atoms with E-state index in [1.807, 2.05) is 6.07 Å². The van der Waals surface area contributed by atoms with Crippen molar-refractivity contribution in [2.75, 3.05) is 54.1 Å². The largest absolute Gasteiger partial charge is 0.493 e. The van der Waals surface area contributed by atoms with Crippen LogP contribution in [0.3, 0.4) is 0 Å². The first kappa shape index (κ1) is 26.1. The summed E-state index contributed by atoms with van der Waals surface area (Å²) in [5.74, 6) is 0.368. The molecule has 1 saturated heterocycles. The van der Waals surface area contributed by atoms with Gasteiger partial charge in [0.25, 0.3) is 0 Å². The highest BCUT2D eigenvalue weighted by molar-refractivity contribution is 5.73. The number of hydrogen-bond acceptors (Lipinski definition) is 6. The van der Waals surface area contributed by atoms with Gasteiger partial charge in [0.15, 0.2) is 11.5 Å². The highest BCUT2D eigenvalue weighted by Crippen LogP contribution is 2.40. The number of alkyl halides is 3. The SMILES string of the molecule is COc1ccc(CN2CCN(CC3CCCC3)CC2)c(OC)c1OC.O=C(O)C(F)(F)F. The third-order valence-electron chi connectivity index (χ3n) is 5.88. The third kappa shape index (κ3) is 7.44. The Morgan fingerprint density at radius 1 is 0.969 bits per heavy atom. The van der Waals surface area contributed by atoms with Crippen LogP contribution in [-0.4, -0.2) is 81.1 Å². The monoisotopic (exact) mass is 462 g/mol. The minimum atomic E-state index is -5.08. The summed E-state index contributed by atoms with van der Waals surface area (Å²) in [4.78, 5) is 14.1. The maximum atomic E-state index is 10.6. The Morgan fingerprint density at radius 3 is 1.97 bits per heavy atom. The van der Waals surface area contributed by atoms with Crippen molar-refractivity contribution in [3.05, 3.63) is 17.7 Å². The van der Waals surface area contributed by atoms with E-state index in [4.69, 9.17) is 24.1 Å². The van der Waals surface area contributed by atoms with Crippen molar-refractivity contribution < 1.29 is 37.3 Å². The Balaban J connectivity index is 0.000000451. The molecule has 3 rings (SSSR count). The quantitative estimate of drug-likeness (QED) is 0.663. The van der Waals surface area contributed by atoms with Gasteiger partial charge in [-0.05, 0) is 24.8 Å². The Kier molecular flexibility index (Phi) is 9.89. The smallest absolute Gasteiger partial charge is 0.490 e. The van der Waals surface area contributed by atoms with Crippen molar-refractivity contribution >= 4 is 5.97 Å². The van der Waals surface area contributed by atoms with Crippen LogP contribution >= 0.6 is 0 Å². The Labute approximate surface area is 187 Å². The van der Waals surface area contributed by atoms with Gasteiger partial charge < -0.3 is 24.2 Å². The summed E-state index contributed by atoms with van der Waals surface area (Å²) in [5, 5.41) is 7.12. The molecule has 2 aliphatic rings. The zero-order valence-corrected chi connectivity index (χ0v) is 18.9. The lowest BCUT2D eigenvalue weighted by atomic mass is 10.1. The fourth-order valence-electron chi connectivity index (χ4n) is 4.22. The maximum Gasteiger partial charge on any atom is 0.490 e. The van der Waals surface area contributed by atoms with Crippen molar-refractivity contribution in [2.45, 2.75) is 38.4 Å². The number of carboxylic acids is 1. The number of aliphatic carboxylic acids is 1. The lowest BCUT2D eigenvalue weighted by molar-refractivity contribution is -0.192. The highest BCUT2D eigenvalue weighted by Gasteiger charge is 2.38. The van der Waals surface area contributed by atoms with Crippen LogP contribution < -0.4 is 14.2 Å². The Hall–Kier alpha value is -2.20. The average molecular weight is 463 g/mol. The van der Waals surface area contributed by atoms with Gasteiger partial charge in [-0.25, -0.2) is 4.79 Å². The van der Waals surface area contributed by atoms with E-state index in [1.165, 1.54) is 45.3 Å². The van der Waals surface area contributed by atoms with E-state index in [9.17, 15) is 13.2 Å². The number of carboxylic acid groups (broad SMARTS) is 1. The van der Waals surface area contributed by atoms with Gasteiger partial charge in [-0.2, -0.15) is 13.2 Å². The van der Waals surface area contributed by atoms with Crippen LogP contribution in [0.25, 0.3) is 0 Å². The van der Waals surface area contributed by atoms with Crippen LogP contribution in [0.1, 0.15) is 31.2 Å². The molecule has 0 amide bonds. The summed E-state index contributed by atoms with van der Waals surface area (Å²) in [6.07, 6.45) is 0.652. The summed E-state index contributed by atoms with van der Waals surface area (Å²) in [5.41, 5.74) is 1.16. The van der Waals surface area contributed by atoms with Crippen molar-refractivity contribution in [2.24, 2.45) is 5.92 Å². The molecule has 32 heavy (non-hydrogen) atoms. The molecule has 7 nitrogen and oxygen atoms in total. The number of ether oxygens (including phenoxy) is 3. The molecular formula is C22H33F3N2O5. The molecule has 10 heteroatoms. The number of methoxy groups -OCH3 is 3. The van der Waals surface area contributed by atoms with E-state index in [0.29, 0.717) is 11.5 Å². The fourth-order valence-corrected chi connectivity index (χ4v) is 4.22. The molecule has 1 aromatic carbocycles. The molecule has 1 heterocycles. The Bertz CT molecular complexity index is 731. The molecule has 0 atom stereocenters. The topological polar surface area (TPSA) is 71.5 Å². The van der Waals surface area contributed by atoms with Gasteiger partial charge in [-0.15, -0.1) is 0 Å².